The van der Waals surface area contributed by atoms with Gasteiger partial charge in [-0.05, 0) is 12.5 Å². The molecule has 1 amide bonds. The van der Waals surface area contributed by atoms with E-state index in [4.69, 9.17) is 5.73 Å². The molecule has 1 heterocycles. The van der Waals surface area contributed by atoms with Crippen molar-refractivity contribution in [3.05, 3.63) is 35.9 Å². The fourth-order valence-electron chi connectivity index (χ4n) is 2.75. The van der Waals surface area contributed by atoms with E-state index in [-0.39, 0.29) is 55.1 Å². The average molecular weight is 428 g/mol. The van der Waals surface area contributed by atoms with Gasteiger partial charge in [-0.3, -0.25) is 14.6 Å². The van der Waals surface area contributed by atoms with Crippen LogP contribution < -0.4 is 11.1 Å². The Balaban J connectivity index is 0. The maximum atomic E-state index is 11.9. The third kappa shape index (κ3) is 9.40. The molecule has 8 heteroatoms. The van der Waals surface area contributed by atoms with Crippen molar-refractivity contribution < 1.29 is 4.79 Å². The number of carbonyl (C=O) groups is 1. The maximum Gasteiger partial charge on any atom is 0.224 e. The van der Waals surface area contributed by atoms with Crippen LogP contribution in [0.1, 0.15) is 19.4 Å². The number of nitrogens with one attached hydrogen (secondary N) is 1. The molecule has 1 saturated heterocycles. The van der Waals surface area contributed by atoms with Crippen molar-refractivity contribution in [1.29, 1.82) is 0 Å². The van der Waals surface area contributed by atoms with E-state index < -0.39 is 0 Å². The number of amides is 1. The van der Waals surface area contributed by atoms with Crippen LogP contribution in [-0.2, 0) is 11.3 Å². The number of carbonyl (C=O) groups excluding carboxylic acids is 1. The van der Waals surface area contributed by atoms with Gasteiger partial charge in [-0.2, -0.15) is 0 Å². The predicted molar refractivity (Wildman–Crippen MR) is 116 cm³/mol. The molecule has 1 fully saturated rings. The maximum absolute atomic E-state index is 11.9. The van der Waals surface area contributed by atoms with Gasteiger partial charge in [-0.1, -0.05) is 37.3 Å². The van der Waals surface area contributed by atoms with Gasteiger partial charge in [0.25, 0.3) is 0 Å². The lowest BCUT2D eigenvalue weighted by Gasteiger charge is -2.34. The quantitative estimate of drug-likeness (QED) is 0.700. The summed E-state index contributed by atoms with van der Waals surface area (Å²) in [6.45, 7) is 10.7. The summed E-state index contributed by atoms with van der Waals surface area (Å²) in [7, 11) is 0. The Labute approximate surface area is 176 Å². The molecule has 0 saturated carbocycles. The molecule has 0 radical (unpaired) electrons. The van der Waals surface area contributed by atoms with Crippen molar-refractivity contribution in [3.63, 3.8) is 0 Å². The molecule has 1 aromatic carbocycles. The van der Waals surface area contributed by atoms with Crippen molar-refractivity contribution in [3.8, 4) is 0 Å². The summed E-state index contributed by atoms with van der Waals surface area (Å²) in [5, 5.41) is 2.99. The second-order valence-electron chi connectivity index (χ2n) is 6.54. The average Bonchev–Trinajstić information content (AvgIpc) is 2.56. The zero-order valence-electron chi connectivity index (χ0n) is 15.6. The van der Waals surface area contributed by atoms with E-state index in [0.29, 0.717) is 6.54 Å². The standard InChI is InChI=1S/C18H30N4O.3ClH/c1-15(16(2)19)18(23)20-8-9-21-10-12-22(13-11-21)14-17-6-4-3-5-7-17;;;/h3-7,15-16H,8-14,19H2,1-2H3,(H,20,23);3*1H. The first kappa shape index (κ1) is 27.7. The van der Waals surface area contributed by atoms with E-state index in [2.05, 4.69) is 45.4 Å². The van der Waals surface area contributed by atoms with Gasteiger partial charge in [-0.25, -0.2) is 0 Å². The highest BCUT2D eigenvalue weighted by Gasteiger charge is 2.19. The van der Waals surface area contributed by atoms with Crippen molar-refractivity contribution in [2.45, 2.75) is 26.4 Å². The van der Waals surface area contributed by atoms with E-state index in [1.54, 1.807) is 0 Å². The molecule has 1 aliphatic rings. The molecular formula is C18H33Cl3N4O. The Morgan fingerprint density at radius 2 is 1.58 bits per heavy atom. The first-order chi connectivity index (χ1) is 11.1. The number of nitrogens with two attached hydrogens (primary N) is 1. The third-order valence-corrected chi connectivity index (χ3v) is 4.64. The topological polar surface area (TPSA) is 61.6 Å². The number of benzene rings is 1. The largest absolute Gasteiger partial charge is 0.355 e. The van der Waals surface area contributed by atoms with Crippen LogP contribution in [0.15, 0.2) is 30.3 Å². The molecule has 0 aromatic heterocycles. The van der Waals surface area contributed by atoms with Gasteiger partial charge in [0.2, 0.25) is 5.91 Å². The van der Waals surface area contributed by atoms with Crippen LogP contribution in [0.3, 0.4) is 0 Å². The van der Waals surface area contributed by atoms with Crippen molar-refractivity contribution in [2.24, 2.45) is 11.7 Å². The molecule has 0 spiro atoms. The van der Waals surface area contributed by atoms with Gasteiger partial charge in [-0.15, -0.1) is 37.2 Å². The second kappa shape index (κ2) is 14.5. The summed E-state index contributed by atoms with van der Waals surface area (Å²) in [6.07, 6.45) is 0. The summed E-state index contributed by atoms with van der Waals surface area (Å²) in [5.74, 6) is -0.0690. The minimum atomic E-state index is -0.127. The molecule has 3 N–H and O–H groups in total. The molecular weight excluding hydrogens is 395 g/mol. The molecule has 2 atom stereocenters. The van der Waals surface area contributed by atoms with Crippen LogP contribution in [0.25, 0.3) is 0 Å². The SMILES string of the molecule is CC(N)C(C)C(=O)NCCN1CCN(Cc2ccccc2)CC1.Cl.Cl.Cl. The summed E-state index contributed by atoms with van der Waals surface area (Å²) in [5.41, 5.74) is 7.13. The molecule has 0 bridgehead atoms. The first-order valence-corrected chi connectivity index (χ1v) is 8.58. The fraction of sp³-hybridized carbons (Fsp3) is 0.611. The number of nitrogens with zero attached hydrogens (tertiary/aromatic N) is 2. The second-order valence-corrected chi connectivity index (χ2v) is 6.54. The molecule has 26 heavy (non-hydrogen) atoms. The van der Waals surface area contributed by atoms with E-state index in [1.807, 2.05) is 13.8 Å². The lowest BCUT2D eigenvalue weighted by molar-refractivity contribution is -0.125. The van der Waals surface area contributed by atoms with Crippen LogP contribution in [0.5, 0.6) is 0 Å². The van der Waals surface area contributed by atoms with Gasteiger partial charge in [0, 0.05) is 57.8 Å². The van der Waals surface area contributed by atoms with Gasteiger partial charge >= 0.3 is 0 Å². The number of hydrogen-bond donors (Lipinski definition) is 2. The van der Waals surface area contributed by atoms with Crippen LogP contribution in [0, 0.1) is 5.92 Å². The first-order valence-electron chi connectivity index (χ1n) is 8.58. The molecule has 1 aromatic rings. The third-order valence-electron chi connectivity index (χ3n) is 4.64. The fourth-order valence-corrected chi connectivity index (χ4v) is 2.75. The molecule has 5 nitrogen and oxygen atoms in total. The lowest BCUT2D eigenvalue weighted by atomic mass is 10.0. The number of piperazine rings is 1. The summed E-state index contributed by atoms with van der Waals surface area (Å²) in [4.78, 5) is 16.8. The van der Waals surface area contributed by atoms with E-state index in [1.165, 1.54) is 5.56 Å². The van der Waals surface area contributed by atoms with E-state index >= 15 is 0 Å². The molecule has 152 valence electrons. The van der Waals surface area contributed by atoms with Crippen LogP contribution in [-0.4, -0.2) is 61.0 Å². The predicted octanol–water partition coefficient (Wildman–Crippen LogP) is 2.17. The number of rotatable bonds is 7. The Morgan fingerprint density at radius 1 is 1.04 bits per heavy atom. The highest BCUT2D eigenvalue weighted by Crippen LogP contribution is 2.08. The summed E-state index contributed by atoms with van der Waals surface area (Å²) >= 11 is 0. The Hall–Kier alpha value is -0.560. The lowest BCUT2D eigenvalue weighted by Crippen LogP contribution is -2.48. The monoisotopic (exact) mass is 426 g/mol. The van der Waals surface area contributed by atoms with Crippen LogP contribution in [0.2, 0.25) is 0 Å². The molecule has 0 aliphatic carbocycles. The van der Waals surface area contributed by atoms with E-state index in [0.717, 1.165) is 39.3 Å². The number of hydrogen-bond acceptors (Lipinski definition) is 4. The smallest absolute Gasteiger partial charge is 0.224 e. The van der Waals surface area contributed by atoms with E-state index in [9.17, 15) is 4.79 Å². The minimum absolute atomic E-state index is 0. The zero-order valence-corrected chi connectivity index (χ0v) is 18.0. The van der Waals surface area contributed by atoms with Gasteiger partial charge in [0.05, 0.1) is 0 Å². The van der Waals surface area contributed by atoms with Crippen molar-refractivity contribution in [1.82, 2.24) is 15.1 Å². The minimum Gasteiger partial charge on any atom is -0.355 e. The van der Waals surface area contributed by atoms with Crippen LogP contribution >= 0.6 is 37.2 Å². The van der Waals surface area contributed by atoms with Crippen LogP contribution in [0.4, 0.5) is 0 Å². The Kier molecular flexibility index (Phi) is 15.4. The van der Waals surface area contributed by atoms with Crippen molar-refractivity contribution in [2.75, 3.05) is 39.3 Å². The number of halogens is 3. The molecule has 2 rings (SSSR count). The van der Waals surface area contributed by atoms with Gasteiger partial charge in [0.15, 0.2) is 0 Å². The molecule has 2 unspecified atom stereocenters. The highest BCUT2D eigenvalue weighted by molar-refractivity contribution is 5.86. The van der Waals surface area contributed by atoms with Gasteiger partial charge in [0.1, 0.15) is 0 Å². The summed E-state index contributed by atoms with van der Waals surface area (Å²) < 4.78 is 0. The zero-order chi connectivity index (χ0) is 16.7. The molecule has 1 aliphatic heterocycles. The van der Waals surface area contributed by atoms with Crippen molar-refractivity contribution >= 4 is 43.1 Å². The Bertz CT molecular complexity index is 483. The van der Waals surface area contributed by atoms with Gasteiger partial charge < -0.3 is 11.1 Å². The normalized spacial score (nSPS) is 17.0. The highest BCUT2D eigenvalue weighted by atomic mass is 35.5. The summed E-state index contributed by atoms with van der Waals surface area (Å²) in [6, 6.07) is 10.5. The Morgan fingerprint density at radius 3 is 2.12 bits per heavy atom.